The molecule has 1 fully saturated rings. The second kappa shape index (κ2) is 10.4. The van der Waals surface area contributed by atoms with E-state index in [0.29, 0.717) is 49.2 Å². The first-order chi connectivity index (χ1) is 14.4. The van der Waals surface area contributed by atoms with Crippen LogP contribution in [0.4, 0.5) is 11.6 Å². The lowest BCUT2D eigenvalue weighted by molar-refractivity contribution is -0.124. The molecule has 3 rings (SSSR count). The van der Waals surface area contributed by atoms with E-state index in [1.807, 2.05) is 17.0 Å². The first-order valence-corrected chi connectivity index (χ1v) is 10.5. The summed E-state index contributed by atoms with van der Waals surface area (Å²) >= 11 is 3.33. The average molecular weight is 478 g/mol. The van der Waals surface area contributed by atoms with Crippen LogP contribution in [0.25, 0.3) is 0 Å². The highest BCUT2D eigenvalue weighted by molar-refractivity contribution is 9.10. The van der Waals surface area contributed by atoms with Crippen LogP contribution in [0, 0.1) is 6.92 Å². The lowest BCUT2D eigenvalue weighted by Gasteiger charge is -2.27. The third-order valence-electron chi connectivity index (χ3n) is 4.70. The number of aryl methyl sites for hydroxylation is 1. The van der Waals surface area contributed by atoms with E-state index in [1.165, 1.54) is 0 Å². The first-order valence-electron chi connectivity index (χ1n) is 9.67. The van der Waals surface area contributed by atoms with Crippen molar-refractivity contribution in [3.05, 3.63) is 50.3 Å². The van der Waals surface area contributed by atoms with Crippen molar-refractivity contribution in [3.63, 3.8) is 0 Å². The molecule has 0 spiro atoms. The van der Waals surface area contributed by atoms with Gasteiger partial charge in [0.2, 0.25) is 17.8 Å². The maximum absolute atomic E-state index is 12.5. The van der Waals surface area contributed by atoms with Crippen molar-refractivity contribution in [2.24, 2.45) is 0 Å². The molecule has 0 bridgehead atoms. The molecule has 3 N–H and O–H groups in total. The van der Waals surface area contributed by atoms with Crippen LogP contribution in [-0.2, 0) is 20.7 Å². The predicted molar refractivity (Wildman–Crippen MR) is 117 cm³/mol. The lowest BCUT2D eigenvalue weighted by Crippen LogP contribution is -2.39. The van der Waals surface area contributed by atoms with Gasteiger partial charge in [0.05, 0.1) is 19.8 Å². The molecule has 0 unspecified atom stereocenters. The number of halogens is 1. The number of nitrogens with one attached hydrogen (secondary N) is 3. The molecule has 1 aromatic heterocycles. The minimum absolute atomic E-state index is 0.0913. The molecule has 2 aromatic rings. The number of aromatic nitrogens is 2. The Hall–Kier alpha value is -2.72. The minimum Gasteiger partial charge on any atom is -0.378 e. The molecule has 0 atom stereocenters. The van der Waals surface area contributed by atoms with Crippen LogP contribution < -0.4 is 21.1 Å². The molecule has 0 saturated carbocycles. The Morgan fingerprint density at radius 3 is 2.57 bits per heavy atom. The Balaban J connectivity index is 1.48. The zero-order valence-corrected chi connectivity index (χ0v) is 18.3. The molecule has 2 heterocycles. The molecule has 1 aromatic carbocycles. The molecule has 9 nitrogen and oxygen atoms in total. The van der Waals surface area contributed by atoms with Gasteiger partial charge in [0.15, 0.2) is 0 Å². The summed E-state index contributed by atoms with van der Waals surface area (Å²) < 4.78 is 6.22. The fourth-order valence-electron chi connectivity index (χ4n) is 3.06. The Morgan fingerprint density at radius 1 is 1.20 bits per heavy atom. The Bertz CT molecular complexity index is 955. The minimum atomic E-state index is -0.323. The van der Waals surface area contributed by atoms with E-state index in [9.17, 15) is 14.4 Å². The van der Waals surface area contributed by atoms with Crippen LogP contribution >= 0.6 is 15.9 Å². The van der Waals surface area contributed by atoms with Crippen molar-refractivity contribution in [1.82, 2.24) is 15.3 Å². The lowest BCUT2D eigenvalue weighted by atomic mass is 10.1. The number of ether oxygens (including phenoxy) is 1. The zero-order valence-electron chi connectivity index (χ0n) is 16.7. The summed E-state index contributed by atoms with van der Waals surface area (Å²) in [5, 5.41) is 5.27. The number of aromatic amines is 1. The van der Waals surface area contributed by atoms with Gasteiger partial charge in [-0.1, -0.05) is 15.9 Å². The highest BCUT2D eigenvalue weighted by Crippen LogP contribution is 2.14. The number of anilines is 2. The van der Waals surface area contributed by atoms with E-state index < -0.39 is 0 Å². The van der Waals surface area contributed by atoms with Crippen molar-refractivity contribution in [2.75, 3.05) is 43.1 Å². The second-order valence-corrected chi connectivity index (χ2v) is 7.80. The number of nitrogens with zero attached hydrogens (tertiary/aromatic N) is 2. The van der Waals surface area contributed by atoms with Gasteiger partial charge in [-0.05, 0) is 37.6 Å². The number of benzene rings is 1. The molecule has 1 aliphatic rings. The van der Waals surface area contributed by atoms with E-state index in [-0.39, 0.29) is 36.8 Å². The molecule has 160 valence electrons. The normalized spacial score (nSPS) is 13.7. The molecular formula is C20H24BrN5O4. The van der Waals surface area contributed by atoms with Gasteiger partial charge in [0, 0.05) is 40.9 Å². The summed E-state index contributed by atoms with van der Waals surface area (Å²) in [6, 6.07) is 7.14. The van der Waals surface area contributed by atoms with E-state index >= 15 is 0 Å². The largest absolute Gasteiger partial charge is 0.378 e. The van der Waals surface area contributed by atoms with E-state index in [4.69, 9.17) is 4.74 Å². The fraction of sp³-hybridized carbons (Fsp3) is 0.400. The van der Waals surface area contributed by atoms with Crippen molar-refractivity contribution in [2.45, 2.75) is 19.8 Å². The summed E-state index contributed by atoms with van der Waals surface area (Å²) in [5.74, 6) is -0.105. The van der Waals surface area contributed by atoms with Crippen LogP contribution in [0.3, 0.4) is 0 Å². The summed E-state index contributed by atoms with van der Waals surface area (Å²) in [4.78, 5) is 45.8. The smallest absolute Gasteiger partial charge is 0.255 e. The third-order valence-corrected chi connectivity index (χ3v) is 5.23. The second-order valence-electron chi connectivity index (χ2n) is 6.88. The van der Waals surface area contributed by atoms with E-state index in [0.717, 1.165) is 4.47 Å². The zero-order chi connectivity index (χ0) is 21.5. The molecule has 0 radical (unpaired) electrons. The number of carbonyl (C=O) groups is 2. The molecule has 2 amide bonds. The SMILES string of the molecule is Cc1nc(N2CCOCC2)[nH]c(=O)c1CCC(=O)NCC(=O)Nc1ccc(Br)cc1. The summed E-state index contributed by atoms with van der Waals surface area (Å²) in [5.41, 5.74) is 1.47. The molecule has 10 heteroatoms. The Morgan fingerprint density at radius 2 is 1.90 bits per heavy atom. The van der Waals surface area contributed by atoms with Crippen molar-refractivity contribution < 1.29 is 14.3 Å². The summed E-state index contributed by atoms with van der Waals surface area (Å²) in [6.07, 6.45) is 0.339. The summed E-state index contributed by atoms with van der Waals surface area (Å²) in [7, 11) is 0. The van der Waals surface area contributed by atoms with E-state index in [2.05, 4.69) is 36.5 Å². The molecule has 30 heavy (non-hydrogen) atoms. The summed E-state index contributed by atoms with van der Waals surface area (Å²) in [6.45, 7) is 4.16. The van der Waals surface area contributed by atoms with Crippen LogP contribution in [0.15, 0.2) is 33.5 Å². The predicted octanol–water partition coefficient (Wildman–Crippen LogP) is 1.36. The highest BCUT2D eigenvalue weighted by atomic mass is 79.9. The van der Waals surface area contributed by atoms with Crippen molar-refractivity contribution >= 4 is 39.4 Å². The Labute approximate surface area is 182 Å². The molecule has 0 aliphatic carbocycles. The molecular weight excluding hydrogens is 454 g/mol. The number of hydrogen-bond donors (Lipinski definition) is 3. The van der Waals surface area contributed by atoms with Gasteiger partial charge in [-0.15, -0.1) is 0 Å². The highest BCUT2D eigenvalue weighted by Gasteiger charge is 2.17. The fourth-order valence-corrected chi connectivity index (χ4v) is 3.32. The standard InChI is InChI=1S/C20H24BrN5O4/c1-13-16(19(29)25-20(23-13)26-8-10-30-11-9-26)6-7-17(27)22-12-18(28)24-15-4-2-14(21)3-5-15/h2-5H,6-12H2,1H3,(H,22,27)(H,24,28)(H,23,25,29). The van der Waals surface area contributed by atoms with Crippen LogP contribution in [0.2, 0.25) is 0 Å². The average Bonchev–Trinajstić information content (AvgIpc) is 2.74. The number of carbonyl (C=O) groups excluding carboxylic acids is 2. The number of morpholine rings is 1. The van der Waals surface area contributed by atoms with Gasteiger partial charge >= 0.3 is 0 Å². The Kier molecular flexibility index (Phi) is 7.58. The quantitative estimate of drug-likeness (QED) is 0.554. The van der Waals surface area contributed by atoms with Gasteiger partial charge in [-0.2, -0.15) is 0 Å². The maximum Gasteiger partial charge on any atom is 0.255 e. The first kappa shape index (κ1) is 22.0. The maximum atomic E-state index is 12.5. The van der Waals surface area contributed by atoms with Crippen molar-refractivity contribution in [1.29, 1.82) is 0 Å². The van der Waals surface area contributed by atoms with Gasteiger partial charge in [0.25, 0.3) is 5.56 Å². The van der Waals surface area contributed by atoms with Crippen molar-refractivity contribution in [3.8, 4) is 0 Å². The third kappa shape index (κ3) is 6.14. The molecule has 1 aliphatic heterocycles. The van der Waals surface area contributed by atoms with Crippen LogP contribution in [0.5, 0.6) is 0 Å². The van der Waals surface area contributed by atoms with Crippen LogP contribution in [0.1, 0.15) is 17.7 Å². The van der Waals surface area contributed by atoms with Crippen LogP contribution in [-0.4, -0.2) is 54.6 Å². The topological polar surface area (TPSA) is 116 Å². The number of rotatable bonds is 7. The van der Waals surface area contributed by atoms with Gasteiger partial charge in [0.1, 0.15) is 0 Å². The molecule has 1 saturated heterocycles. The monoisotopic (exact) mass is 477 g/mol. The number of H-pyrrole nitrogens is 1. The van der Waals surface area contributed by atoms with Gasteiger partial charge in [-0.25, -0.2) is 4.98 Å². The van der Waals surface area contributed by atoms with Gasteiger partial charge in [-0.3, -0.25) is 19.4 Å². The van der Waals surface area contributed by atoms with Gasteiger partial charge < -0.3 is 20.3 Å². The number of amides is 2. The number of hydrogen-bond acceptors (Lipinski definition) is 6. The van der Waals surface area contributed by atoms with E-state index in [1.54, 1.807) is 19.1 Å².